The number of amides is 1. The third kappa shape index (κ3) is 29.7. The predicted octanol–water partition coefficient (Wildman–Crippen LogP) is 7.70. The molecule has 3 N–H and O–H groups in total. The van der Waals surface area contributed by atoms with Crippen LogP contribution in [-0.4, -0.2) is 48.7 Å². The first kappa shape index (κ1) is 52.3. The van der Waals surface area contributed by atoms with Gasteiger partial charge in [0, 0.05) is 19.0 Å². The second-order valence-electron chi connectivity index (χ2n) is 12.9. The number of nitrogens with two attached hydrogens (primary N) is 1. The summed E-state index contributed by atoms with van der Waals surface area (Å²) < 4.78 is 21.2. The number of nitrogens with one attached hydrogen (secondary N) is 1. The van der Waals surface area contributed by atoms with E-state index in [0.717, 1.165) is 35.5 Å². The maximum Gasteiger partial charge on any atom is 0.407 e. The average Bonchev–Trinajstić information content (AvgIpc) is 3.12. The summed E-state index contributed by atoms with van der Waals surface area (Å²) in [6.07, 6.45) is 1.75. The Hall–Kier alpha value is -5.77. The van der Waals surface area contributed by atoms with Crippen molar-refractivity contribution in [2.24, 2.45) is 5.73 Å². The fraction of sp³-hybridized carbons (Fsp3) is 0.349. The van der Waals surface area contributed by atoms with Gasteiger partial charge >= 0.3 is 24.4 Å². The molecular formula is C43H55ClN2O10. The maximum atomic E-state index is 11.8. The van der Waals surface area contributed by atoms with Crippen LogP contribution in [0.1, 0.15) is 70.7 Å². The number of carbonyl (C=O) groups is 2. The molecule has 4 aromatic rings. The number of esters is 1. The highest BCUT2D eigenvalue weighted by atomic mass is 35.5. The van der Waals surface area contributed by atoms with Crippen molar-refractivity contribution >= 4 is 36.8 Å². The largest absolute Gasteiger partial charge is 0.489 e. The Balaban J connectivity index is 0. The lowest BCUT2D eigenvalue weighted by atomic mass is 10.1. The molecule has 0 saturated carbocycles. The van der Waals surface area contributed by atoms with Gasteiger partial charge in [-0.25, -0.2) is 4.79 Å². The lowest BCUT2D eigenvalue weighted by molar-refractivity contribution is -0.193. The van der Waals surface area contributed by atoms with Gasteiger partial charge in [0.15, 0.2) is 0 Å². The van der Waals surface area contributed by atoms with E-state index in [1.54, 1.807) is 6.92 Å². The van der Waals surface area contributed by atoms with Crippen LogP contribution in [-0.2, 0) is 59.5 Å². The summed E-state index contributed by atoms with van der Waals surface area (Å²) >= 11 is 0. The van der Waals surface area contributed by atoms with E-state index in [4.69, 9.17) is 39.1 Å². The third-order valence-corrected chi connectivity index (χ3v) is 6.55. The van der Waals surface area contributed by atoms with Gasteiger partial charge < -0.3 is 30.0 Å². The fourth-order valence-corrected chi connectivity index (χ4v) is 4.41. The van der Waals surface area contributed by atoms with Crippen LogP contribution in [0.25, 0.3) is 0 Å². The zero-order valence-corrected chi connectivity index (χ0v) is 34.0. The number of halogens is 1. The van der Waals surface area contributed by atoms with Crippen molar-refractivity contribution < 1.29 is 47.7 Å². The minimum absolute atomic E-state index is 0. The third-order valence-electron chi connectivity index (χ3n) is 6.55. The van der Waals surface area contributed by atoms with E-state index in [1.165, 1.54) is 18.1 Å². The van der Waals surface area contributed by atoms with Crippen LogP contribution in [0, 0.1) is 0 Å². The highest BCUT2D eigenvalue weighted by molar-refractivity contribution is 5.85. The van der Waals surface area contributed by atoms with Crippen LogP contribution in [0.4, 0.5) is 4.79 Å². The lowest BCUT2D eigenvalue weighted by Gasteiger charge is -2.22. The number of rotatable bonds is 12. The Kier molecular flexibility index (Phi) is 29.5. The Morgan fingerprint density at radius 2 is 1.04 bits per heavy atom. The van der Waals surface area contributed by atoms with E-state index in [0.29, 0.717) is 19.8 Å². The molecule has 0 heterocycles. The van der Waals surface area contributed by atoms with Gasteiger partial charge in [-0.3, -0.25) is 4.79 Å². The van der Waals surface area contributed by atoms with Gasteiger partial charge in [-0.05, 0) is 101 Å². The number of hydrogen-bond acceptors (Lipinski definition) is 11. The molecule has 13 heteroatoms. The lowest BCUT2D eigenvalue weighted by Crippen LogP contribution is -2.38. The predicted molar refractivity (Wildman–Crippen MR) is 214 cm³/mol. The molecule has 0 bridgehead atoms. The van der Waals surface area contributed by atoms with Gasteiger partial charge in [0.1, 0.15) is 30.3 Å². The molecule has 0 aromatic heterocycles. The molecule has 304 valence electrons. The summed E-state index contributed by atoms with van der Waals surface area (Å²) in [5.74, 6) is 1.52. The quantitative estimate of drug-likeness (QED) is 0.134. The van der Waals surface area contributed by atoms with Gasteiger partial charge in [-0.15, -0.1) is 12.4 Å². The Morgan fingerprint density at radius 1 is 0.661 bits per heavy atom. The highest BCUT2D eigenvalue weighted by Gasteiger charge is 2.17. The van der Waals surface area contributed by atoms with Crippen molar-refractivity contribution in [1.29, 1.82) is 0 Å². The molecule has 0 aliphatic heterocycles. The smallest absolute Gasteiger partial charge is 0.407 e. The minimum Gasteiger partial charge on any atom is -0.489 e. The number of hydrogen-bond donors (Lipinski definition) is 2. The van der Waals surface area contributed by atoms with Crippen molar-refractivity contribution in [3.63, 3.8) is 0 Å². The van der Waals surface area contributed by atoms with Crippen LogP contribution in [0.15, 0.2) is 109 Å². The van der Waals surface area contributed by atoms with Gasteiger partial charge in [-0.1, -0.05) is 84.9 Å². The number of benzene rings is 4. The SMILES string of the molecule is CC(Cc1ccc(OCc2ccccc2)cc1)NC(=O)OC(C)(C)C.CC(N)Cc1ccc(OCc2ccccc2)cc1.CCOC(C)=O.Cl.O=C=O.O=C=O. The highest BCUT2D eigenvalue weighted by Crippen LogP contribution is 2.17. The summed E-state index contributed by atoms with van der Waals surface area (Å²) in [5.41, 5.74) is 9.98. The first-order valence-electron chi connectivity index (χ1n) is 17.5. The Bertz CT molecular complexity index is 1660. The molecule has 12 nitrogen and oxygen atoms in total. The van der Waals surface area contributed by atoms with E-state index in [-0.39, 0.29) is 48.9 Å². The molecule has 2 atom stereocenters. The van der Waals surface area contributed by atoms with E-state index in [2.05, 4.69) is 34.3 Å². The maximum absolute atomic E-state index is 11.8. The number of alkyl carbamates (subject to hydrolysis) is 1. The summed E-state index contributed by atoms with van der Waals surface area (Å²) in [7, 11) is 0. The topological polar surface area (TPSA) is 177 Å². The van der Waals surface area contributed by atoms with Crippen LogP contribution < -0.4 is 20.5 Å². The normalized spacial score (nSPS) is 10.5. The molecule has 0 radical (unpaired) electrons. The molecule has 4 rings (SSSR count). The van der Waals surface area contributed by atoms with Crippen LogP contribution >= 0.6 is 12.4 Å². The van der Waals surface area contributed by atoms with Gasteiger partial charge in [0.05, 0.1) is 6.61 Å². The second-order valence-corrected chi connectivity index (χ2v) is 12.9. The fourth-order valence-electron chi connectivity index (χ4n) is 4.41. The average molecular weight is 795 g/mol. The first-order valence-corrected chi connectivity index (χ1v) is 17.5. The molecule has 1 amide bonds. The minimum atomic E-state index is -0.485. The number of carbonyl (C=O) groups excluding carboxylic acids is 6. The van der Waals surface area contributed by atoms with Crippen LogP contribution in [0.5, 0.6) is 11.5 Å². The second kappa shape index (κ2) is 31.6. The van der Waals surface area contributed by atoms with E-state index in [1.807, 2.05) is 120 Å². The van der Waals surface area contributed by atoms with Crippen molar-refractivity contribution in [2.45, 2.75) is 92.2 Å². The summed E-state index contributed by atoms with van der Waals surface area (Å²) in [4.78, 5) is 54.1. The monoisotopic (exact) mass is 794 g/mol. The van der Waals surface area contributed by atoms with Gasteiger partial charge in [-0.2, -0.15) is 19.2 Å². The molecule has 56 heavy (non-hydrogen) atoms. The molecule has 0 spiro atoms. The molecule has 0 saturated heterocycles. The van der Waals surface area contributed by atoms with Gasteiger partial charge in [0.25, 0.3) is 0 Å². The van der Waals surface area contributed by atoms with E-state index >= 15 is 0 Å². The standard InChI is InChI=1S/C21H27NO3.C16H19NO.C4H8O2.2CO2.ClH/c1-16(22-20(23)25-21(2,3)4)14-17-10-12-19(13-11-17)24-15-18-8-6-5-7-9-18;1-13(17)11-14-7-9-16(10-8-14)18-12-15-5-3-2-4-6-15;1-3-6-4(2)5;2*2-1-3;/h5-13,16H,14-15H2,1-4H3,(H,22,23);2-10,13H,11-12,17H2,1H3;3H2,1-2H3;;;1H. The van der Waals surface area contributed by atoms with E-state index in [9.17, 15) is 9.59 Å². The van der Waals surface area contributed by atoms with Gasteiger partial charge in [0.2, 0.25) is 0 Å². The van der Waals surface area contributed by atoms with Crippen molar-refractivity contribution in [1.82, 2.24) is 5.32 Å². The van der Waals surface area contributed by atoms with Crippen molar-refractivity contribution in [2.75, 3.05) is 6.61 Å². The Morgan fingerprint density at radius 3 is 1.34 bits per heavy atom. The van der Waals surface area contributed by atoms with Crippen LogP contribution in [0.2, 0.25) is 0 Å². The zero-order valence-electron chi connectivity index (χ0n) is 33.2. The summed E-state index contributed by atoms with van der Waals surface area (Å²) in [5, 5.41) is 2.85. The summed E-state index contributed by atoms with van der Waals surface area (Å²) in [6.45, 7) is 14.3. The molecule has 2 unspecified atom stereocenters. The van der Waals surface area contributed by atoms with Crippen molar-refractivity contribution in [3.8, 4) is 11.5 Å². The molecule has 4 aromatic carbocycles. The molecular weight excluding hydrogens is 740 g/mol. The molecule has 0 fully saturated rings. The first-order chi connectivity index (χ1) is 26.2. The molecule has 0 aliphatic rings. The molecule has 0 aliphatic carbocycles. The number of ether oxygens (including phenoxy) is 4. The van der Waals surface area contributed by atoms with Crippen molar-refractivity contribution in [3.05, 3.63) is 131 Å². The zero-order chi connectivity index (χ0) is 41.5. The Labute approximate surface area is 336 Å². The summed E-state index contributed by atoms with van der Waals surface area (Å²) in [6, 6.07) is 36.5. The van der Waals surface area contributed by atoms with E-state index < -0.39 is 5.60 Å². The van der Waals surface area contributed by atoms with Crippen LogP contribution in [0.3, 0.4) is 0 Å².